The topological polar surface area (TPSA) is 7.68 Å². The van der Waals surface area contributed by atoms with E-state index in [1.165, 1.54) is 47.9 Å². The lowest BCUT2D eigenvalue weighted by Crippen LogP contribution is -3.05. The molecule has 0 bridgehead atoms. The van der Waals surface area contributed by atoms with Gasteiger partial charge in [-0.3, -0.25) is 4.90 Å². The monoisotopic (exact) mass is 654 g/mol. The Morgan fingerprint density at radius 1 is 0.457 bits per heavy atom. The predicted octanol–water partition coefficient (Wildman–Crippen LogP) is 2.54. The second-order valence-electron chi connectivity index (χ2n) is 11.3. The minimum atomic E-state index is -0.649. The summed E-state index contributed by atoms with van der Waals surface area (Å²) in [7, 11) is -1.29. The molecule has 1 aliphatic rings. The van der Waals surface area contributed by atoms with Gasteiger partial charge in [0.25, 0.3) is 0 Å². The first-order valence-electron chi connectivity index (χ1n) is 15.6. The molecule has 1 N–H and O–H groups in total. The van der Waals surface area contributed by atoms with E-state index in [1.54, 1.807) is 0 Å². The van der Waals surface area contributed by atoms with Gasteiger partial charge in [-0.1, -0.05) is 170 Å². The third-order valence-corrected chi connectivity index (χ3v) is 13.3. The molecule has 0 radical (unpaired) electrons. The maximum atomic E-state index is 2.48. The summed E-state index contributed by atoms with van der Waals surface area (Å²) in [5.74, 6) is 0. The van der Waals surface area contributed by atoms with Crippen molar-refractivity contribution in [1.29, 1.82) is 0 Å². The summed E-state index contributed by atoms with van der Waals surface area (Å²) < 4.78 is 0. The van der Waals surface area contributed by atoms with E-state index in [-0.39, 0.29) is 12.4 Å². The third-order valence-electron chi connectivity index (χ3n) is 8.24. The van der Waals surface area contributed by atoms with Gasteiger partial charge in [0.15, 0.2) is 6.67 Å². The number of nitrogens with one attached hydrogen (secondary N) is 1. The molecule has 1 atom stereocenters. The van der Waals surface area contributed by atoms with Crippen molar-refractivity contribution in [1.82, 2.24) is 4.90 Å². The van der Waals surface area contributed by atoms with Gasteiger partial charge in [0.2, 0.25) is 0 Å². The number of hydrogen-bond donors (Lipinski definition) is 1. The highest BCUT2D eigenvalue weighted by atomic mass is 35.5. The van der Waals surface area contributed by atoms with Gasteiger partial charge in [-0.15, -0.1) is 0 Å². The van der Waals surface area contributed by atoms with Crippen molar-refractivity contribution in [3.05, 3.63) is 193 Å². The van der Waals surface area contributed by atoms with E-state index in [4.69, 9.17) is 0 Å². The molecule has 0 fully saturated rings. The zero-order chi connectivity index (χ0) is 30.3. The summed E-state index contributed by atoms with van der Waals surface area (Å²) in [6, 6.07) is 62.2. The molecule has 0 aromatic heterocycles. The number of rotatable bonds is 10. The van der Waals surface area contributed by atoms with Gasteiger partial charge < -0.3 is 17.3 Å². The highest BCUT2D eigenvalue weighted by molar-refractivity contribution is 7.80. The van der Waals surface area contributed by atoms with E-state index in [0.717, 1.165) is 19.8 Å². The van der Waals surface area contributed by atoms with Crippen molar-refractivity contribution in [3.8, 4) is 0 Å². The second-order valence-corrected chi connectivity index (χ2v) is 15.7. The van der Waals surface area contributed by atoms with Crippen LogP contribution in [0.2, 0.25) is 0 Å². The van der Waals surface area contributed by atoms with Gasteiger partial charge in [-0.25, -0.2) is 0 Å². The number of quaternary nitrogens is 1. The summed E-state index contributed by atoms with van der Waals surface area (Å²) in [6.07, 6.45) is 4.66. The summed E-state index contributed by atoms with van der Waals surface area (Å²) in [4.78, 5) is 3.95. The molecule has 0 saturated heterocycles. The molecule has 1 aliphatic heterocycles. The standard InChI is InChI=1S/C41H36N2P2.ClH/c1-5-19-36(20-6-1)44(37-21-7-2-8-22-37)40-27-15-13-17-34(40)31-42-29-30-43(33-42)32-35-18-14-16-28-41(35)45(38-23-9-3-10-24-38)39-25-11-4-12-26-39;/h1-30H,31-33H2;1H. The fourth-order valence-electron chi connectivity index (χ4n) is 6.17. The number of hydrogen-bond acceptors (Lipinski definition) is 1. The molecule has 5 heteroatoms. The van der Waals surface area contributed by atoms with E-state index in [9.17, 15) is 0 Å². The maximum absolute atomic E-state index is 2.48. The molecule has 0 aliphatic carbocycles. The molecule has 1 heterocycles. The molecular weight excluding hydrogens is 618 g/mol. The minimum absolute atomic E-state index is 0. The first kappa shape index (κ1) is 31.9. The molecule has 7 rings (SSSR count). The van der Waals surface area contributed by atoms with E-state index in [2.05, 4.69) is 187 Å². The van der Waals surface area contributed by atoms with Crippen LogP contribution in [-0.2, 0) is 13.1 Å². The molecule has 6 aromatic rings. The van der Waals surface area contributed by atoms with Gasteiger partial charge >= 0.3 is 0 Å². The van der Waals surface area contributed by atoms with Gasteiger partial charge in [0.05, 0.1) is 6.20 Å². The summed E-state index contributed by atoms with van der Waals surface area (Å²) in [6.45, 7) is 2.81. The van der Waals surface area contributed by atoms with Crippen LogP contribution in [0.1, 0.15) is 11.1 Å². The minimum Gasteiger partial charge on any atom is -1.00 e. The van der Waals surface area contributed by atoms with E-state index in [0.29, 0.717) is 0 Å². The maximum Gasteiger partial charge on any atom is 0.157 e. The van der Waals surface area contributed by atoms with Crippen molar-refractivity contribution in [2.75, 3.05) is 6.67 Å². The molecule has 46 heavy (non-hydrogen) atoms. The fraction of sp³-hybridized carbons (Fsp3) is 0.0732. The molecule has 0 spiro atoms. The van der Waals surface area contributed by atoms with Crippen molar-refractivity contribution in [3.63, 3.8) is 0 Å². The predicted molar refractivity (Wildman–Crippen MR) is 195 cm³/mol. The molecule has 0 amide bonds. The Hall–Kier alpha value is -4.03. The van der Waals surface area contributed by atoms with Crippen molar-refractivity contribution < 1.29 is 17.3 Å². The SMILES string of the molecule is C1=C[NH+](Cc2ccccc2P(c2ccccc2)c2ccccc2)CN1Cc1ccccc1P(c1ccccc1)c1ccccc1.[Cl-]. The number of halogens is 1. The lowest BCUT2D eigenvalue weighted by molar-refractivity contribution is -0.863. The van der Waals surface area contributed by atoms with Crippen LogP contribution in [0.5, 0.6) is 0 Å². The normalized spacial score (nSPS) is 14.0. The third kappa shape index (κ3) is 7.33. The molecular formula is C41H37ClN2P2. The summed E-state index contributed by atoms with van der Waals surface area (Å²) >= 11 is 0. The van der Waals surface area contributed by atoms with Crippen LogP contribution in [0, 0.1) is 0 Å². The van der Waals surface area contributed by atoms with E-state index in [1.807, 2.05) is 0 Å². The highest BCUT2D eigenvalue weighted by Gasteiger charge is 2.25. The zero-order valence-electron chi connectivity index (χ0n) is 25.7. The van der Waals surface area contributed by atoms with Crippen LogP contribution in [0.25, 0.3) is 0 Å². The Morgan fingerprint density at radius 2 is 0.826 bits per heavy atom. The Balaban J connectivity index is 0.00000372. The van der Waals surface area contributed by atoms with Crippen LogP contribution < -0.4 is 49.1 Å². The van der Waals surface area contributed by atoms with Gasteiger partial charge in [-0.2, -0.15) is 0 Å². The fourth-order valence-corrected chi connectivity index (χ4v) is 11.1. The molecule has 6 aromatic carbocycles. The molecule has 0 saturated carbocycles. The largest absolute Gasteiger partial charge is 1.00 e. The van der Waals surface area contributed by atoms with Crippen molar-refractivity contribution in [2.45, 2.75) is 13.1 Å². The van der Waals surface area contributed by atoms with Gasteiger partial charge in [0, 0.05) is 12.1 Å². The molecule has 228 valence electrons. The average Bonchev–Trinajstić information content (AvgIpc) is 3.55. The Bertz CT molecular complexity index is 1630. The van der Waals surface area contributed by atoms with Crippen LogP contribution in [-0.4, -0.2) is 11.6 Å². The quantitative estimate of drug-likeness (QED) is 0.223. The highest BCUT2D eigenvalue weighted by Crippen LogP contribution is 2.35. The summed E-state index contributed by atoms with van der Waals surface area (Å²) in [5.41, 5.74) is 2.83. The Kier molecular flexibility index (Phi) is 10.8. The lowest BCUT2D eigenvalue weighted by atomic mass is 10.2. The van der Waals surface area contributed by atoms with E-state index >= 15 is 0 Å². The second kappa shape index (κ2) is 15.5. The zero-order valence-corrected chi connectivity index (χ0v) is 28.2. The Morgan fingerprint density at radius 3 is 1.28 bits per heavy atom. The Labute approximate surface area is 282 Å². The van der Waals surface area contributed by atoms with Crippen LogP contribution in [0.3, 0.4) is 0 Å². The number of nitrogens with zero attached hydrogens (tertiary/aromatic N) is 1. The molecule has 1 unspecified atom stereocenters. The number of benzene rings is 6. The van der Waals surface area contributed by atoms with Crippen LogP contribution in [0.4, 0.5) is 0 Å². The average molecular weight is 655 g/mol. The van der Waals surface area contributed by atoms with Crippen LogP contribution >= 0.6 is 15.8 Å². The summed E-state index contributed by atoms with van der Waals surface area (Å²) in [5, 5.41) is 8.45. The van der Waals surface area contributed by atoms with Crippen molar-refractivity contribution >= 4 is 47.7 Å². The van der Waals surface area contributed by atoms with Gasteiger partial charge in [0.1, 0.15) is 12.7 Å². The lowest BCUT2D eigenvalue weighted by Gasteiger charge is -2.25. The van der Waals surface area contributed by atoms with Crippen LogP contribution in [0.15, 0.2) is 182 Å². The van der Waals surface area contributed by atoms with Crippen molar-refractivity contribution in [2.24, 2.45) is 0 Å². The smallest absolute Gasteiger partial charge is 0.157 e. The van der Waals surface area contributed by atoms with Gasteiger partial charge in [-0.05, 0) is 53.2 Å². The first-order chi connectivity index (χ1) is 22.3. The molecule has 2 nitrogen and oxygen atoms in total. The van der Waals surface area contributed by atoms with E-state index < -0.39 is 15.8 Å². The first-order valence-corrected chi connectivity index (χ1v) is 18.2.